The number of aromatic nitrogens is 1. The maximum absolute atomic E-state index is 13.4. The Morgan fingerprint density at radius 1 is 1.33 bits per heavy atom. The predicted octanol–water partition coefficient (Wildman–Crippen LogP) is 3.90. The van der Waals surface area contributed by atoms with Crippen LogP contribution in [0.4, 0.5) is 11.5 Å². The fourth-order valence-electron chi connectivity index (χ4n) is 3.88. The van der Waals surface area contributed by atoms with Gasteiger partial charge in [0.1, 0.15) is 17.9 Å². The van der Waals surface area contributed by atoms with Crippen LogP contribution in [0.3, 0.4) is 0 Å². The number of anilines is 2. The standard InChI is InChI=1S/C22H26N4O/c1-5-25(18-9-6-8-15(2)12-18)22(27)20-10-7-11-26(20)21-19(14-23)16(3)13-17(4)24-21/h6,8-9,12-13,20H,5,7,10-11H2,1-4H3. The molecule has 1 atom stereocenters. The second kappa shape index (κ2) is 7.79. The van der Waals surface area contributed by atoms with Gasteiger partial charge in [-0.15, -0.1) is 0 Å². The lowest BCUT2D eigenvalue weighted by molar-refractivity contribution is -0.119. The molecule has 1 aromatic carbocycles. The van der Waals surface area contributed by atoms with Crippen molar-refractivity contribution in [3.8, 4) is 6.07 Å². The summed E-state index contributed by atoms with van der Waals surface area (Å²) in [6.45, 7) is 9.23. The molecule has 0 saturated carbocycles. The SMILES string of the molecule is CCN(C(=O)C1CCCN1c1nc(C)cc(C)c1C#N)c1cccc(C)c1. The van der Waals surface area contributed by atoms with Gasteiger partial charge in [0.25, 0.3) is 0 Å². The first kappa shape index (κ1) is 18.9. The van der Waals surface area contributed by atoms with Gasteiger partial charge in [0, 0.05) is 24.5 Å². The van der Waals surface area contributed by atoms with Crippen LogP contribution in [0.15, 0.2) is 30.3 Å². The zero-order valence-electron chi connectivity index (χ0n) is 16.5. The lowest BCUT2D eigenvalue weighted by Crippen LogP contribution is -2.46. The summed E-state index contributed by atoms with van der Waals surface area (Å²) < 4.78 is 0. The first-order valence-corrected chi connectivity index (χ1v) is 9.49. The third-order valence-corrected chi connectivity index (χ3v) is 5.14. The van der Waals surface area contributed by atoms with Crippen LogP contribution in [0.1, 0.15) is 42.1 Å². The monoisotopic (exact) mass is 362 g/mol. The van der Waals surface area contributed by atoms with Crippen LogP contribution in [0.2, 0.25) is 0 Å². The van der Waals surface area contributed by atoms with E-state index in [1.54, 1.807) is 0 Å². The van der Waals surface area contributed by atoms with Gasteiger partial charge in [-0.05, 0) is 69.9 Å². The van der Waals surface area contributed by atoms with Crippen molar-refractivity contribution in [3.63, 3.8) is 0 Å². The summed E-state index contributed by atoms with van der Waals surface area (Å²) >= 11 is 0. The highest BCUT2D eigenvalue weighted by molar-refractivity contribution is 5.99. The van der Waals surface area contributed by atoms with Crippen molar-refractivity contribution >= 4 is 17.4 Å². The minimum absolute atomic E-state index is 0.0745. The molecule has 2 aromatic rings. The molecular weight excluding hydrogens is 336 g/mol. The van der Waals surface area contributed by atoms with Gasteiger partial charge >= 0.3 is 0 Å². The Morgan fingerprint density at radius 3 is 2.78 bits per heavy atom. The molecular formula is C22H26N4O. The fourth-order valence-corrected chi connectivity index (χ4v) is 3.88. The summed E-state index contributed by atoms with van der Waals surface area (Å²) in [7, 11) is 0. The van der Waals surface area contributed by atoms with E-state index in [0.29, 0.717) is 17.9 Å². The molecule has 0 radical (unpaired) electrons. The number of hydrogen-bond donors (Lipinski definition) is 0. The molecule has 1 saturated heterocycles. The number of rotatable bonds is 4. The number of hydrogen-bond acceptors (Lipinski definition) is 4. The fraction of sp³-hybridized carbons (Fsp3) is 0.409. The largest absolute Gasteiger partial charge is 0.343 e. The van der Waals surface area contributed by atoms with Gasteiger partial charge in [-0.1, -0.05) is 12.1 Å². The highest BCUT2D eigenvalue weighted by Crippen LogP contribution is 2.31. The van der Waals surface area contributed by atoms with E-state index in [0.717, 1.165) is 41.9 Å². The smallest absolute Gasteiger partial charge is 0.249 e. The molecule has 0 spiro atoms. The molecule has 27 heavy (non-hydrogen) atoms. The van der Waals surface area contributed by atoms with Gasteiger partial charge < -0.3 is 9.80 Å². The zero-order valence-corrected chi connectivity index (χ0v) is 16.5. The Balaban J connectivity index is 1.97. The summed E-state index contributed by atoms with van der Waals surface area (Å²) in [6, 6.07) is 11.9. The maximum atomic E-state index is 13.4. The van der Waals surface area contributed by atoms with Crippen molar-refractivity contribution in [1.82, 2.24) is 4.98 Å². The number of aryl methyl sites for hydroxylation is 3. The van der Waals surface area contributed by atoms with E-state index in [-0.39, 0.29) is 11.9 Å². The number of carbonyl (C=O) groups is 1. The van der Waals surface area contributed by atoms with Crippen molar-refractivity contribution in [2.24, 2.45) is 0 Å². The summed E-state index contributed by atoms with van der Waals surface area (Å²) in [5.41, 5.74) is 4.39. The molecule has 0 bridgehead atoms. The van der Waals surface area contributed by atoms with Gasteiger partial charge in [-0.3, -0.25) is 4.79 Å². The van der Waals surface area contributed by atoms with E-state index >= 15 is 0 Å². The zero-order chi connectivity index (χ0) is 19.6. The number of likely N-dealkylation sites (N-methyl/N-ethyl adjacent to an activating group) is 1. The molecule has 5 nitrogen and oxygen atoms in total. The molecule has 0 aliphatic carbocycles. The molecule has 1 unspecified atom stereocenters. The van der Waals surface area contributed by atoms with Gasteiger partial charge in [-0.2, -0.15) is 5.26 Å². The van der Waals surface area contributed by atoms with Crippen LogP contribution < -0.4 is 9.80 Å². The molecule has 3 rings (SSSR count). The maximum Gasteiger partial charge on any atom is 0.249 e. The molecule has 0 N–H and O–H groups in total. The van der Waals surface area contributed by atoms with Gasteiger partial charge in [0.2, 0.25) is 5.91 Å². The second-order valence-electron chi connectivity index (χ2n) is 7.16. The van der Waals surface area contributed by atoms with Crippen LogP contribution in [0, 0.1) is 32.1 Å². The van der Waals surface area contributed by atoms with Gasteiger partial charge in [0.15, 0.2) is 0 Å². The van der Waals surface area contributed by atoms with E-state index in [9.17, 15) is 10.1 Å². The van der Waals surface area contributed by atoms with Crippen LogP contribution in [0.5, 0.6) is 0 Å². The first-order chi connectivity index (χ1) is 13.0. The van der Waals surface area contributed by atoms with Gasteiger partial charge in [-0.25, -0.2) is 4.98 Å². The van der Waals surface area contributed by atoms with E-state index in [4.69, 9.17) is 0 Å². The van der Waals surface area contributed by atoms with Crippen molar-refractivity contribution in [2.75, 3.05) is 22.9 Å². The quantitative estimate of drug-likeness (QED) is 0.828. The van der Waals surface area contributed by atoms with Crippen LogP contribution in [-0.4, -0.2) is 30.0 Å². The van der Waals surface area contributed by atoms with Crippen LogP contribution in [-0.2, 0) is 4.79 Å². The van der Waals surface area contributed by atoms with Crippen molar-refractivity contribution in [3.05, 3.63) is 52.7 Å². The van der Waals surface area contributed by atoms with E-state index in [1.165, 1.54) is 0 Å². The molecule has 5 heteroatoms. The summed E-state index contributed by atoms with van der Waals surface area (Å²) in [4.78, 5) is 21.9. The number of nitriles is 1. The summed E-state index contributed by atoms with van der Waals surface area (Å²) in [5.74, 6) is 0.719. The summed E-state index contributed by atoms with van der Waals surface area (Å²) in [6.07, 6.45) is 1.70. The molecule has 2 heterocycles. The topological polar surface area (TPSA) is 60.2 Å². The van der Waals surface area contributed by atoms with Crippen LogP contribution >= 0.6 is 0 Å². The molecule has 1 aliphatic rings. The number of nitrogens with zero attached hydrogens (tertiary/aromatic N) is 4. The Hall–Kier alpha value is -2.87. The predicted molar refractivity (Wildman–Crippen MR) is 108 cm³/mol. The summed E-state index contributed by atoms with van der Waals surface area (Å²) in [5, 5.41) is 9.63. The third kappa shape index (κ3) is 3.66. The van der Waals surface area contributed by atoms with E-state index < -0.39 is 0 Å². The van der Waals surface area contributed by atoms with Crippen molar-refractivity contribution in [2.45, 2.75) is 46.6 Å². The normalized spacial score (nSPS) is 16.3. The molecule has 1 aromatic heterocycles. The number of benzene rings is 1. The first-order valence-electron chi connectivity index (χ1n) is 9.49. The van der Waals surface area contributed by atoms with E-state index in [1.807, 2.05) is 67.8 Å². The molecule has 1 amide bonds. The Kier molecular flexibility index (Phi) is 5.46. The van der Waals surface area contributed by atoms with E-state index in [2.05, 4.69) is 11.1 Å². The molecule has 140 valence electrons. The average molecular weight is 362 g/mol. The minimum Gasteiger partial charge on any atom is -0.343 e. The Morgan fingerprint density at radius 2 is 2.11 bits per heavy atom. The number of pyridine rings is 1. The average Bonchev–Trinajstić information content (AvgIpc) is 3.11. The number of amides is 1. The number of carbonyl (C=O) groups excluding carboxylic acids is 1. The highest BCUT2D eigenvalue weighted by Gasteiger charge is 2.36. The second-order valence-corrected chi connectivity index (χ2v) is 7.16. The highest BCUT2D eigenvalue weighted by atomic mass is 16.2. The Bertz CT molecular complexity index is 900. The molecule has 1 fully saturated rings. The van der Waals surface area contributed by atoms with Crippen molar-refractivity contribution < 1.29 is 4.79 Å². The third-order valence-electron chi connectivity index (χ3n) is 5.14. The lowest BCUT2D eigenvalue weighted by atomic mass is 10.1. The van der Waals surface area contributed by atoms with Gasteiger partial charge in [0.05, 0.1) is 5.56 Å². The Labute approximate surface area is 161 Å². The van der Waals surface area contributed by atoms with Crippen LogP contribution in [0.25, 0.3) is 0 Å². The molecule has 1 aliphatic heterocycles. The van der Waals surface area contributed by atoms with Crippen molar-refractivity contribution in [1.29, 1.82) is 5.26 Å². The minimum atomic E-state index is -0.286. The lowest BCUT2D eigenvalue weighted by Gasteiger charge is -2.31.